The number of amides is 2. The summed E-state index contributed by atoms with van der Waals surface area (Å²) in [5.74, 6) is -0.393. The van der Waals surface area contributed by atoms with Crippen LogP contribution in [0.1, 0.15) is 34.2 Å². The van der Waals surface area contributed by atoms with Crippen molar-refractivity contribution in [2.24, 2.45) is 4.99 Å². The van der Waals surface area contributed by atoms with Gasteiger partial charge in [-0.1, -0.05) is 30.3 Å². The summed E-state index contributed by atoms with van der Waals surface area (Å²) in [7, 11) is 0. The summed E-state index contributed by atoms with van der Waals surface area (Å²) in [6, 6.07) is 19.5. The Balaban J connectivity index is 1.62. The summed E-state index contributed by atoms with van der Waals surface area (Å²) in [4.78, 5) is 32.5. The van der Waals surface area contributed by atoms with Crippen molar-refractivity contribution in [2.75, 3.05) is 16.8 Å². The van der Waals surface area contributed by atoms with E-state index in [-0.39, 0.29) is 24.8 Å². The molecule has 0 saturated carbocycles. The molecule has 3 aromatic rings. The van der Waals surface area contributed by atoms with Crippen LogP contribution in [0, 0.1) is 27.7 Å². The fraction of sp³-hybridized carbons (Fsp3) is 0.222. The van der Waals surface area contributed by atoms with Crippen molar-refractivity contribution in [2.45, 2.75) is 34.1 Å². The molecule has 32 heavy (non-hydrogen) atoms. The van der Waals surface area contributed by atoms with Gasteiger partial charge in [0, 0.05) is 5.69 Å². The van der Waals surface area contributed by atoms with Gasteiger partial charge in [-0.3, -0.25) is 14.6 Å². The largest absolute Gasteiger partial charge is 0.325 e. The number of hydrogen-bond acceptors (Lipinski definition) is 3. The summed E-state index contributed by atoms with van der Waals surface area (Å²) >= 11 is 0. The molecule has 0 radical (unpaired) electrons. The maximum Gasteiger partial charge on any atom is 0.244 e. The van der Waals surface area contributed by atoms with Crippen LogP contribution in [-0.4, -0.2) is 24.1 Å². The van der Waals surface area contributed by atoms with Crippen LogP contribution < -0.4 is 10.2 Å². The highest BCUT2D eigenvalue weighted by molar-refractivity contribution is 6.19. The van der Waals surface area contributed by atoms with Crippen molar-refractivity contribution in [3.8, 4) is 0 Å². The van der Waals surface area contributed by atoms with E-state index in [1.165, 1.54) is 10.5 Å². The molecule has 1 aliphatic rings. The molecular weight excluding hydrogens is 398 g/mol. The van der Waals surface area contributed by atoms with Gasteiger partial charge in [-0.25, -0.2) is 0 Å². The Bertz CT molecular complexity index is 1220. The van der Waals surface area contributed by atoms with E-state index in [0.717, 1.165) is 27.9 Å². The number of para-hydroxylation sites is 2. The van der Waals surface area contributed by atoms with Crippen molar-refractivity contribution >= 4 is 34.6 Å². The first-order valence-corrected chi connectivity index (χ1v) is 10.7. The predicted octanol–water partition coefficient (Wildman–Crippen LogP) is 5.42. The lowest BCUT2D eigenvalue weighted by Gasteiger charge is -2.22. The zero-order valence-electron chi connectivity index (χ0n) is 18.9. The second-order valence-corrected chi connectivity index (χ2v) is 8.43. The van der Waals surface area contributed by atoms with Crippen molar-refractivity contribution < 1.29 is 9.59 Å². The monoisotopic (exact) mass is 425 g/mol. The van der Waals surface area contributed by atoms with Crippen molar-refractivity contribution in [3.05, 3.63) is 88.5 Å². The number of fused-ring (bicyclic) bond motifs is 1. The van der Waals surface area contributed by atoms with Gasteiger partial charge in [-0.2, -0.15) is 0 Å². The summed E-state index contributed by atoms with van der Waals surface area (Å²) in [6.45, 7) is 8.02. The minimum atomic E-state index is -0.243. The second kappa shape index (κ2) is 8.79. The van der Waals surface area contributed by atoms with Crippen LogP contribution in [0.15, 0.2) is 65.7 Å². The van der Waals surface area contributed by atoms with E-state index in [9.17, 15) is 9.59 Å². The van der Waals surface area contributed by atoms with Crippen LogP contribution in [0.4, 0.5) is 17.1 Å². The lowest BCUT2D eigenvalue weighted by atomic mass is 10.0. The Kier molecular flexibility index (Phi) is 5.91. The van der Waals surface area contributed by atoms with Gasteiger partial charge in [0.1, 0.15) is 6.54 Å². The topological polar surface area (TPSA) is 61.8 Å². The number of benzene rings is 3. The van der Waals surface area contributed by atoms with Gasteiger partial charge >= 0.3 is 0 Å². The van der Waals surface area contributed by atoms with E-state index < -0.39 is 0 Å². The Morgan fingerprint density at radius 1 is 0.938 bits per heavy atom. The molecule has 5 heteroatoms. The van der Waals surface area contributed by atoms with Gasteiger partial charge in [0.25, 0.3) is 0 Å². The van der Waals surface area contributed by atoms with Crippen LogP contribution in [0.25, 0.3) is 0 Å². The highest BCUT2D eigenvalue weighted by atomic mass is 16.2. The molecule has 4 rings (SSSR count). The molecular formula is C27H27N3O2. The molecule has 0 atom stereocenters. The van der Waals surface area contributed by atoms with Crippen LogP contribution in [0.2, 0.25) is 0 Å². The Morgan fingerprint density at radius 2 is 1.66 bits per heavy atom. The average Bonchev–Trinajstić information content (AvgIpc) is 2.86. The van der Waals surface area contributed by atoms with E-state index in [0.29, 0.717) is 17.1 Å². The number of carbonyl (C=O) groups excluding carboxylic acids is 2. The zero-order chi connectivity index (χ0) is 22.8. The van der Waals surface area contributed by atoms with Crippen molar-refractivity contribution in [1.82, 2.24) is 0 Å². The van der Waals surface area contributed by atoms with Gasteiger partial charge in [0.05, 0.1) is 23.5 Å². The first-order valence-electron chi connectivity index (χ1n) is 10.7. The van der Waals surface area contributed by atoms with Gasteiger partial charge in [0.2, 0.25) is 11.8 Å². The molecule has 3 aromatic carbocycles. The molecule has 1 aliphatic heterocycles. The minimum Gasteiger partial charge on any atom is -0.325 e. The maximum atomic E-state index is 13.3. The molecule has 1 heterocycles. The van der Waals surface area contributed by atoms with E-state index in [1.54, 1.807) is 0 Å². The number of carbonyl (C=O) groups is 2. The van der Waals surface area contributed by atoms with Gasteiger partial charge < -0.3 is 10.2 Å². The summed E-state index contributed by atoms with van der Waals surface area (Å²) in [5.41, 5.74) is 8.19. The third-order valence-electron chi connectivity index (χ3n) is 5.69. The number of hydrogen-bond donors (Lipinski definition) is 1. The number of nitrogens with one attached hydrogen (secondary N) is 1. The van der Waals surface area contributed by atoms with Crippen LogP contribution >= 0.6 is 0 Å². The molecule has 0 saturated heterocycles. The molecule has 0 spiro atoms. The van der Waals surface area contributed by atoms with E-state index in [2.05, 4.69) is 31.3 Å². The summed E-state index contributed by atoms with van der Waals surface area (Å²) in [6.07, 6.45) is 0.133. The second-order valence-electron chi connectivity index (χ2n) is 8.43. The smallest absolute Gasteiger partial charge is 0.244 e. The summed E-state index contributed by atoms with van der Waals surface area (Å²) < 4.78 is 0. The van der Waals surface area contributed by atoms with Gasteiger partial charge in [-0.05, 0) is 85.8 Å². The molecule has 0 fully saturated rings. The zero-order valence-corrected chi connectivity index (χ0v) is 18.9. The van der Waals surface area contributed by atoms with Gasteiger partial charge in [0.15, 0.2) is 0 Å². The van der Waals surface area contributed by atoms with E-state index in [4.69, 9.17) is 4.99 Å². The van der Waals surface area contributed by atoms with Crippen molar-refractivity contribution in [3.63, 3.8) is 0 Å². The number of nitrogens with zero attached hydrogens (tertiary/aromatic N) is 2. The molecule has 0 aromatic heterocycles. The third kappa shape index (κ3) is 4.62. The molecule has 0 bridgehead atoms. The highest BCUT2D eigenvalue weighted by Gasteiger charge is 2.26. The fourth-order valence-corrected chi connectivity index (χ4v) is 4.00. The van der Waals surface area contributed by atoms with Crippen LogP contribution in [0.5, 0.6) is 0 Å². The average molecular weight is 426 g/mol. The number of rotatable bonds is 4. The SMILES string of the molecule is Cc1cc(C)cc(NC(=O)CN2C(=O)CC(c3ccc(C)c(C)c3)=Nc3ccccc32)c1. The van der Waals surface area contributed by atoms with E-state index in [1.807, 2.05) is 62.4 Å². The molecule has 2 amide bonds. The number of aliphatic imine (C=N–C) groups is 1. The highest BCUT2D eigenvalue weighted by Crippen LogP contribution is 2.33. The first-order chi connectivity index (χ1) is 15.3. The number of anilines is 2. The lowest BCUT2D eigenvalue weighted by molar-refractivity contribution is -0.120. The van der Waals surface area contributed by atoms with Gasteiger partial charge in [-0.15, -0.1) is 0 Å². The minimum absolute atomic E-state index is 0.0709. The molecule has 162 valence electrons. The number of aryl methyl sites for hydroxylation is 4. The quantitative estimate of drug-likeness (QED) is 0.607. The standard InChI is InChI=1S/C27H27N3O2/c1-17-11-18(2)13-22(12-17)28-26(31)16-30-25-8-6-5-7-23(25)29-24(15-27(30)32)21-10-9-19(3)20(4)14-21/h5-14H,15-16H2,1-4H3,(H,28,31). The summed E-state index contributed by atoms with van der Waals surface area (Å²) in [5, 5.41) is 2.93. The van der Waals surface area contributed by atoms with Crippen LogP contribution in [-0.2, 0) is 9.59 Å². The Labute approximate surface area is 188 Å². The fourth-order valence-electron chi connectivity index (χ4n) is 4.00. The first kappa shape index (κ1) is 21.5. The predicted molar refractivity (Wildman–Crippen MR) is 130 cm³/mol. The molecule has 0 unspecified atom stereocenters. The lowest BCUT2D eigenvalue weighted by Crippen LogP contribution is -2.38. The Morgan fingerprint density at radius 3 is 2.38 bits per heavy atom. The normalized spacial score (nSPS) is 13.3. The Hall–Kier alpha value is -3.73. The van der Waals surface area contributed by atoms with E-state index >= 15 is 0 Å². The molecule has 5 nitrogen and oxygen atoms in total. The molecule has 0 aliphatic carbocycles. The third-order valence-corrected chi connectivity index (χ3v) is 5.69. The van der Waals surface area contributed by atoms with Crippen molar-refractivity contribution in [1.29, 1.82) is 0 Å². The molecule has 1 N–H and O–H groups in total. The van der Waals surface area contributed by atoms with Crippen LogP contribution in [0.3, 0.4) is 0 Å². The maximum absolute atomic E-state index is 13.3.